The molecule has 1 aliphatic carbocycles. The number of amides is 1. The molecule has 0 unspecified atom stereocenters. The third kappa shape index (κ3) is 5.70. The van der Waals surface area contributed by atoms with Gasteiger partial charge in [0, 0.05) is 33.2 Å². The molecule has 1 saturated heterocycles. The largest absolute Gasteiger partial charge is 0.353 e. The van der Waals surface area contributed by atoms with E-state index in [9.17, 15) is 13.2 Å². The molecule has 146 valence electrons. The molecule has 7 nitrogen and oxygen atoms in total. The minimum Gasteiger partial charge on any atom is -0.353 e. The number of halogens is 1. The van der Waals surface area contributed by atoms with Crippen molar-refractivity contribution in [1.82, 2.24) is 15.1 Å². The number of carbonyl (C=O) groups is 1. The zero-order chi connectivity index (χ0) is 18.0. The molecular weight excluding hydrogens is 455 g/mol. The molecule has 2 rings (SSSR count). The summed E-state index contributed by atoms with van der Waals surface area (Å²) in [6, 6.07) is 0.361. The first-order valence-corrected chi connectivity index (χ1v) is 10.3. The summed E-state index contributed by atoms with van der Waals surface area (Å²) in [4.78, 5) is 19.9. The quantitative estimate of drug-likeness (QED) is 0.367. The van der Waals surface area contributed by atoms with Crippen LogP contribution < -0.4 is 5.32 Å². The second-order valence-electron chi connectivity index (χ2n) is 7.55. The zero-order valence-corrected chi connectivity index (χ0v) is 18.8. The molecule has 9 heteroatoms. The number of hydrogen-bond donors (Lipinski definition) is 1. The summed E-state index contributed by atoms with van der Waals surface area (Å²) >= 11 is 0. The molecule has 1 heterocycles. The molecular formula is C16H31IN4O3S. The Morgan fingerprint density at radius 2 is 1.88 bits per heavy atom. The van der Waals surface area contributed by atoms with Gasteiger partial charge in [0.05, 0.1) is 10.5 Å². The number of aliphatic imine (C=N–C) groups is 1. The molecule has 1 amide bonds. The van der Waals surface area contributed by atoms with Crippen LogP contribution in [0.15, 0.2) is 4.99 Å². The van der Waals surface area contributed by atoms with Crippen molar-refractivity contribution in [2.24, 2.45) is 4.99 Å². The van der Waals surface area contributed by atoms with Gasteiger partial charge in [0.2, 0.25) is 5.91 Å². The van der Waals surface area contributed by atoms with Crippen LogP contribution in [0.25, 0.3) is 0 Å². The highest BCUT2D eigenvalue weighted by Gasteiger charge is 2.41. The van der Waals surface area contributed by atoms with Crippen molar-refractivity contribution in [2.45, 2.75) is 50.3 Å². The van der Waals surface area contributed by atoms with Crippen LogP contribution in [-0.4, -0.2) is 80.4 Å². The second-order valence-corrected chi connectivity index (χ2v) is 10.3. The van der Waals surface area contributed by atoms with E-state index in [-0.39, 0.29) is 42.2 Å². The number of rotatable bonds is 3. The van der Waals surface area contributed by atoms with Crippen molar-refractivity contribution in [3.05, 3.63) is 0 Å². The van der Waals surface area contributed by atoms with E-state index in [0.29, 0.717) is 25.1 Å². The van der Waals surface area contributed by atoms with E-state index in [0.717, 1.165) is 12.8 Å². The summed E-state index contributed by atoms with van der Waals surface area (Å²) in [5.41, 5.74) is 0. The lowest BCUT2D eigenvalue weighted by Gasteiger charge is -2.39. The SMILES string of the molecule is CN(C)C(=O)CN=C(NC1CCCC1)N1CCS(=O)(=O)C(C)(C)C1.I. The molecule has 2 fully saturated rings. The molecule has 0 aromatic rings. The van der Waals surface area contributed by atoms with Crippen molar-refractivity contribution >= 4 is 45.7 Å². The van der Waals surface area contributed by atoms with E-state index in [2.05, 4.69) is 10.3 Å². The minimum absolute atomic E-state index is 0. The molecule has 1 aliphatic heterocycles. The van der Waals surface area contributed by atoms with Crippen LogP contribution in [0.2, 0.25) is 0 Å². The van der Waals surface area contributed by atoms with E-state index in [1.54, 1.807) is 27.9 Å². The number of likely N-dealkylation sites (N-methyl/N-ethyl adjacent to an activating group) is 1. The third-order valence-corrected chi connectivity index (χ3v) is 7.43. The number of carbonyl (C=O) groups excluding carboxylic acids is 1. The lowest BCUT2D eigenvalue weighted by atomic mass is 10.2. The van der Waals surface area contributed by atoms with Crippen LogP contribution in [0, 0.1) is 0 Å². The molecule has 0 radical (unpaired) electrons. The van der Waals surface area contributed by atoms with Gasteiger partial charge in [-0.3, -0.25) is 4.79 Å². The summed E-state index contributed by atoms with van der Waals surface area (Å²) < 4.78 is 23.6. The van der Waals surface area contributed by atoms with Gasteiger partial charge in [-0.1, -0.05) is 12.8 Å². The molecule has 0 aromatic carbocycles. The van der Waals surface area contributed by atoms with Gasteiger partial charge in [-0.2, -0.15) is 0 Å². The normalized spacial score (nSPS) is 23.0. The molecule has 1 saturated carbocycles. The predicted molar refractivity (Wildman–Crippen MR) is 111 cm³/mol. The monoisotopic (exact) mass is 486 g/mol. The van der Waals surface area contributed by atoms with Gasteiger partial charge in [0.15, 0.2) is 15.8 Å². The Bertz CT molecular complexity index is 599. The van der Waals surface area contributed by atoms with Crippen LogP contribution in [0.5, 0.6) is 0 Å². The summed E-state index contributed by atoms with van der Waals surface area (Å²) in [5.74, 6) is 0.720. The fourth-order valence-electron chi connectivity index (χ4n) is 3.10. The second kappa shape index (κ2) is 8.88. The number of nitrogens with zero attached hydrogens (tertiary/aromatic N) is 3. The van der Waals surface area contributed by atoms with Gasteiger partial charge in [-0.15, -0.1) is 24.0 Å². The summed E-state index contributed by atoms with van der Waals surface area (Å²) in [6.45, 7) is 4.40. The maximum absolute atomic E-state index is 12.2. The highest BCUT2D eigenvalue weighted by atomic mass is 127. The highest BCUT2D eigenvalue weighted by molar-refractivity contribution is 14.0. The van der Waals surface area contributed by atoms with Crippen molar-refractivity contribution in [3.8, 4) is 0 Å². The van der Waals surface area contributed by atoms with Crippen molar-refractivity contribution in [2.75, 3.05) is 39.5 Å². The zero-order valence-electron chi connectivity index (χ0n) is 15.6. The topological polar surface area (TPSA) is 82.1 Å². The number of nitrogens with one attached hydrogen (secondary N) is 1. The standard InChI is InChI=1S/C16H30N4O3S.HI/c1-16(2)12-20(9-10-24(16,22)23)15(17-11-14(21)19(3)4)18-13-7-5-6-8-13;/h13H,5-12H2,1-4H3,(H,17,18);1H. The molecule has 0 spiro atoms. The maximum Gasteiger partial charge on any atom is 0.243 e. The first kappa shape index (κ1) is 22.5. The smallest absolute Gasteiger partial charge is 0.243 e. The summed E-state index contributed by atoms with van der Waals surface area (Å²) in [5, 5.41) is 3.46. The third-order valence-electron chi connectivity index (χ3n) is 4.89. The maximum atomic E-state index is 12.2. The van der Waals surface area contributed by atoms with Crippen molar-refractivity contribution in [1.29, 1.82) is 0 Å². The van der Waals surface area contributed by atoms with Crippen molar-refractivity contribution in [3.63, 3.8) is 0 Å². The van der Waals surface area contributed by atoms with Crippen molar-refractivity contribution < 1.29 is 13.2 Å². The first-order valence-electron chi connectivity index (χ1n) is 8.61. The number of hydrogen-bond acceptors (Lipinski definition) is 4. The van der Waals surface area contributed by atoms with Crippen LogP contribution in [0.1, 0.15) is 39.5 Å². The molecule has 25 heavy (non-hydrogen) atoms. The molecule has 2 aliphatic rings. The van der Waals surface area contributed by atoms with Gasteiger partial charge in [-0.05, 0) is 26.7 Å². The molecule has 0 bridgehead atoms. The average Bonchev–Trinajstić information content (AvgIpc) is 2.99. The van der Waals surface area contributed by atoms with Crippen LogP contribution in [0.3, 0.4) is 0 Å². The van der Waals surface area contributed by atoms with Gasteiger partial charge in [-0.25, -0.2) is 13.4 Å². The van der Waals surface area contributed by atoms with Gasteiger partial charge in [0.25, 0.3) is 0 Å². The van der Waals surface area contributed by atoms with Gasteiger partial charge < -0.3 is 15.1 Å². The molecule has 1 N–H and O–H groups in total. The highest BCUT2D eigenvalue weighted by Crippen LogP contribution is 2.24. The van der Waals surface area contributed by atoms with E-state index in [1.165, 1.54) is 17.7 Å². The lowest BCUT2D eigenvalue weighted by molar-refractivity contribution is -0.127. The molecule has 0 aromatic heterocycles. The Morgan fingerprint density at radius 1 is 1.28 bits per heavy atom. The number of guanidine groups is 1. The van der Waals surface area contributed by atoms with Gasteiger partial charge in [0.1, 0.15) is 6.54 Å². The Balaban J connectivity index is 0.00000312. The number of sulfone groups is 1. The minimum atomic E-state index is -3.10. The fourth-order valence-corrected chi connectivity index (χ4v) is 4.46. The van der Waals surface area contributed by atoms with Crippen LogP contribution in [0.4, 0.5) is 0 Å². The first-order chi connectivity index (χ1) is 11.1. The summed E-state index contributed by atoms with van der Waals surface area (Å²) in [6.07, 6.45) is 4.58. The lowest BCUT2D eigenvalue weighted by Crippen LogP contribution is -2.58. The van der Waals surface area contributed by atoms with E-state index >= 15 is 0 Å². The van der Waals surface area contributed by atoms with Crippen LogP contribution >= 0.6 is 24.0 Å². The summed E-state index contributed by atoms with van der Waals surface area (Å²) in [7, 11) is 0.315. The Labute approximate surface area is 168 Å². The van der Waals surface area contributed by atoms with E-state index < -0.39 is 14.6 Å². The average molecular weight is 486 g/mol. The van der Waals surface area contributed by atoms with E-state index in [1.807, 2.05) is 4.90 Å². The fraction of sp³-hybridized carbons (Fsp3) is 0.875. The Hall–Kier alpha value is -0.580. The van der Waals surface area contributed by atoms with E-state index in [4.69, 9.17) is 0 Å². The Kier molecular flexibility index (Phi) is 7.97. The van der Waals surface area contributed by atoms with Gasteiger partial charge >= 0.3 is 0 Å². The van der Waals surface area contributed by atoms with Crippen LogP contribution in [-0.2, 0) is 14.6 Å². The predicted octanol–water partition coefficient (Wildman–Crippen LogP) is 1.09. The Morgan fingerprint density at radius 3 is 2.40 bits per heavy atom. The molecule has 0 atom stereocenters.